The van der Waals surface area contributed by atoms with E-state index in [2.05, 4.69) is 17.6 Å². The molecule has 2 N–H and O–H groups in total. The minimum absolute atomic E-state index is 0.0687. The standard InChI is InChI=1S/C16H24N2O3/c1-3-17-11-12-10-14(20-2)6-7-15(12)21-9-8-16(19)18-13-4-5-13/h6-7,10,13,17H,3-5,8-9,11H2,1-2H3,(H,18,19). The monoisotopic (exact) mass is 292 g/mol. The van der Waals surface area contributed by atoms with Crippen molar-refractivity contribution < 1.29 is 14.3 Å². The van der Waals surface area contributed by atoms with Gasteiger partial charge in [0.1, 0.15) is 11.5 Å². The predicted molar refractivity (Wildman–Crippen MR) is 81.7 cm³/mol. The maximum absolute atomic E-state index is 11.6. The summed E-state index contributed by atoms with van der Waals surface area (Å²) in [5, 5.41) is 6.23. The van der Waals surface area contributed by atoms with Crippen molar-refractivity contribution >= 4 is 5.91 Å². The van der Waals surface area contributed by atoms with Crippen LogP contribution in [0.5, 0.6) is 11.5 Å². The minimum Gasteiger partial charge on any atom is -0.497 e. The second kappa shape index (κ2) is 7.88. The third-order valence-electron chi connectivity index (χ3n) is 3.36. The number of benzene rings is 1. The fraction of sp³-hybridized carbons (Fsp3) is 0.562. The Morgan fingerprint density at radius 1 is 1.38 bits per heavy atom. The van der Waals surface area contributed by atoms with Crippen LogP contribution in [0.1, 0.15) is 31.7 Å². The lowest BCUT2D eigenvalue weighted by Crippen LogP contribution is -2.26. The summed E-state index contributed by atoms with van der Waals surface area (Å²) in [6, 6.07) is 6.13. The molecule has 0 saturated heterocycles. The number of methoxy groups -OCH3 is 1. The number of amides is 1. The molecule has 0 radical (unpaired) electrons. The molecule has 5 heteroatoms. The predicted octanol–water partition coefficient (Wildman–Crippen LogP) is 1.85. The van der Waals surface area contributed by atoms with Crippen LogP contribution < -0.4 is 20.1 Å². The van der Waals surface area contributed by atoms with Crippen LogP contribution in [0.25, 0.3) is 0 Å². The van der Waals surface area contributed by atoms with Crippen molar-refractivity contribution in [1.29, 1.82) is 0 Å². The lowest BCUT2D eigenvalue weighted by atomic mass is 10.2. The Morgan fingerprint density at radius 3 is 2.86 bits per heavy atom. The molecule has 1 aliphatic carbocycles. The lowest BCUT2D eigenvalue weighted by molar-refractivity contribution is -0.121. The Balaban J connectivity index is 1.86. The van der Waals surface area contributed by atoms with Crippen LogP contribution in [-0.4, -0.2) is 32.2 Å². The molecule has 0 spiro atoms. The molecule has 1 amide bonds. The largest absolute Gasteiger partial charge is 0.497 e. The fourth-order valence-corrected chi connectivity index (χ4v) is 2.00. The summed E-state index contributed by atoms with van der Waals surface area (Å²) in [7, 11) is 1.65. The molecule has 0 unspecified atom stereocenters. The Labute approximate surface area is 126 Å². The van der Waals surface area contributed by atoms with Gasteiger partial charge in [-0.1, -0.05) is 6.92 Å². The Kier molecular flexibility index (Phi) is 5.87. The van der Waals surface area contributed by atoms with E-state index in [9.17, 15) is 4.79 Å². The summed E-state index contributed by atoms with van der Waals surface area (Å²) in [4.78, 5) is 11.6. The summed E-state index contributed by atoms with van der Waals surface area (Å²) in [6.45, 7) is 4.06. The first-order chi connectivity index (χ1) is 10.2. The molecule has 0 aliphatic heterocycles. The molecule has 116 valence electrons. The van der Waals surface area contributed by atoms with Gasteiger partial charge in [-0.05, 0) is 37.6 Å². The van der Waals surface area contributed by atoms with Crippen LogP contribution in [0.2, 0.25) is 0 Å². The summed E-state index contributed by atoms with van der Waals surface area (Å²) < 4.78 is 11.0. The molecule has 0 bridgehead atoms. The van der Waals surface area contributed by atoms with E-state index in [1.807, 2.05) is 18.2 Å². The maximum atomic E-state index is 11.6. The smallest absolute Gasteiger partial charge is 0.223 e. The molecule has 1 fully saturated rings. The van der Waals surface area contributed by atoms with Crippen LogP contribution in [0.4, 0.5) is 0 Å². The van der Waals surface area contributed by atoms with Gasteiger partial charge in [-0.2, -0.15) is 0 Å². The van der Waals surface area contributed by atoms with Gasteiger partial charge in [0.05, 0.1) is 20.1 Å². The Hall–Kier alpha value is -1.75. The summed E-state index contributed by atoms with van der Waals surface area (Å²) >= 11 is 0. The molecule has 1 aliphatic rings. The summed E-state index contributed by atoms with van der Waals surface area (Å²) in [5.74, 6) is 1.68. The van der Waals surface area contributed by atoms with E-state index < -0.39 is 0 Å². The zero-order valence-electron chi connectivity index (χ0n) is 12.8. The van der Waals surface area contributed by atoms with Crippen molar-refractivity contribution in [2.45, 2.75) is 38.8 Å². The van der Waals surface area contributed by atoms with Crippen molar-refractivity contribution in [2.24, 2.45) is 0 Å². The molecule has 2 rings (SSSR count). The minimum atomic E-state index is 0.0687. The quantitative estimate of drug-likeness (QED) is 0.729. The summed E-state index contributed by atoms with van der Waals surface area (Å²) in [5.41, 5.74) is 1.04. The highest BCUT2D eigenvalue weighted by Crippen LogP contribution is 2.24. The van der Waals surface area contributed by atoms with E-state index in [1.165, 1.54) is 0 Å². The van der Waals surface area contributed by atoms with E-state index in [0.717, 1.165) is 43.0 Å². The van der Waals surface area contributed by atoms with Gasteiger partial charge in [0.15, 0.2) is 0 Å². The average Bonchev–Trinajstić information content (AvgIpc) is 3.29. The molecule has 0 atom stereocenters. The van der Waals surface area contributed by atoms with Gasteiger partial charge < -0.3 is 20.1 Å². The zero-order valence-corrected chi connectivity index (χ0v) is 12.8. The topological polar surface area (TPSA) is 59.6 Å². The van der Waals surface area contributed by atoms with Gasteiger partial charge in [-0.25, -0.2) is 0 Å². The highest BCUT2D eigenvalue weighted by molar-refractivity contribution is 5.76. The van der Waals surface area contributed by atoms with Crippen molar-refractivity contribution in [2.75, 3.05) is 20.3 Å². The van der Waals surface area contributed by atoms with E-state index in [1.54, 1.807) is 7.11 Å². The average molecular weight is 292 g/mol. The van der Waals surface area contributed by atoms with Crippen LogP contribution in [0, 0.1) is 0 Å². The number of nitrogens with one attached hydrogen (secondary N) is 2. The van der Waals surface area contributed by atoms with Crippen LogP contribution in [-0.2, 0) is 11.3 Å². The van der Waals surface area contributed by atoms with E-state index in [4.69, 9.17) is 9.47 Å². The number of hydrogen-bond donors (Lipinski definition) is 2. The van der Waals surface area contributed by atoms with Gasteiger partial charge in [0.25, 0.3) is 0 Å². The van der Waals surface area contributed by atoms with Crippen LogP contribution >= 0.6 is 0 Å². The molecule has 1 aromatic carbocycles. The molecule has 0 aromatic heterocycles. The van der Waals surface area contributed by atoms with Crippen LogP contribution in [0.3, 0.4) is 0 Å². The zero-order chi connectivity index (χ0) is 15.1. The maximum Gasteiger partial charge on any atom is 0.223 e. The molecular formula is C16H24N2O3. The van der Waals surface area contributed by atoms with Crippen molar-refractivity contribution in [3.8, 4) is 11.5 Å². The van der Waals surface area contributed by atoms with E-state index in [-0.39, 0.29) is 5.91 Å². The Bertz CT molecular complexity index is 473. The molecule has 5 nitrogen and oxygen atoms in total. The van der Waals surface area contributed by atoms with Crippen molar-refractivity contribution in [3.63, 3.8) is 0 Å². The van der Waals surface area contributed by atoms with Gasteiger partial charge >= 0.3 is 0 Å². The second-order valence-electron chi connectivity index (χ2n) is 5.19. The SMILES string of the molecule is CCNCc1cc(OC)ccc1OCCC(=O)NC1CC1. The first-order valence-electron chi connectivity index (χ1n) is 7.52. The van der Waals surface area contributed by atoms with Crippen molar-refractivity contribution in [1.82, 2.24) is 10.6 Å². The van der Waals surface area contributed by atoms with Gasteiger partial charge in [0.2, 0.25) is 5.91 Å². The third kappa shape index (κ3) is 5.27. The molecule has 1 aromatic rings. The number of carbonyl (C=O) groups is 1. The third-order valence-corrected chi connectivity index (χ3v) is 3.36. The normalized spacial score (nSPS) is 13.8. The first kappa shape index (κ1) is 15.6. The van der Waals surface area contributed by atoms with Crippen LogP contribution in [0.15, 0.2) is 18.2 Å². The fourth-order valence-electron chi connectivity index (χ4n) is 2.00. The Morgan fingerprint density at radius 2 is 2.19 bits per heavy atom. The van der Waals surface area contributed by atoms with Gasteiger partial charge in [-0.3, -0.25) is 4.79 Å². The number of hydrogen-bond acceptors (Lipinski definition) is 4. The van der Waals surface area contributed by atoms with Gasteiger partial charge in [-0.15, -0.1) is 0 Å². The number of ether oxygens (including phenoxy) is 2. The second-order valence-corrected chi connectivity index (χ2v) is 5.19. The van der Waals surface area contributed by atoms with Crippen molar-refractivity contribution in [3.05, 3.63) is 23.8 Å². The molecule has 0 heterocycles. The molecule has 21 heavy (non-hydrogen) atoms. The highest BCUT2D eigenvalue weighted by Gasteiger charge is 2.22. The van der Waals surface area contributed by atoms with Gasteiger partial charge in [0, 0.05) is 18.2 Å². The lowest BCUT2D eigenvalue weighted by Gasteiger charge is -2.13. The van der Waals surface area contributed by atoms with E-state index >= 15 is 0 Å². The van der Waals surface area contributed by atoms with E-state index in [0.29, 0.717) is 19.1 Å². The highest BCUT2D eigenvalue weighted by atomic mass is 16.5. The number of rotatable bonds is 9. The molecule has 1 saturated carbocycles. The summed E-state index contributed by atoms with van der Waals surface area (Å²) in [6.07, 6.45) is 2.61. The number of carbonyl (C=O) groups excluding carboxylic acids is 1. The first-order valence-corrected chi connectivity index (χ1v) is 7.52. The molecular weight excluding hydrogens is 268 g/mol.